The monoisotopic (exact) mass is 235 g/mol. The Bertz CT molecular complexity index is 424. The minimum Gasteiger partial charge on any atom is -0.492 e. The lowest BCUT2D eigenvalue weighted by Gasteiger charge is -2.04. The molecule has 0 radical (unpaired) electrons. The van der Waals surface area contributed by atoms with Crippen molar-refractivity contribution in [1.29, 1.82) is 0 Å². The summed E-state index contributed by atoms with van der Waals surface area (Å²) in [6.07, 6.45) is 0. The van der Waals surface area contributed by atoms with E-state index in [-0.39, 0.29) is 11.9 Å². The van der Waals surface area contributed by atoms with Gasteiger partial charge in [0.2, 0.25) is 5.96 Å². The number of benzene rings is 1. The molecule has 0 bridgehead atoms. The summed E-state index contributed by atoms with van der Waals surface area (Å²) < 4.78 is 5.47. The molecule has 1 rings (SSSR count). The zero-order valence-corrected chi connectivity index (χ0v) is 9.76. The summed E-state index contributed by atoms with van der Waals surface area (Å²) in [4.78, 5) is 7.50. The summed E-state index contributed by atoms with van der Waals surface area (Å²) in [5, 5.41) is 0. The first kappa shape index (κ1) is 12.8. The fraction of sp³-hybridized carbons (Fsp3) is 0.273. The zero-order valence-electron chi connectivity index (χ0n) is 9.76. The van der Waals surface area contributed by atoms with Crippen LogP contribution in [0.3, 0.4) is 0 Å². The van der Waals surface area contributed by atoms with Crippen molar-refractivity contribution in [2.45, 2.75) is 6.92 Å². The minimum absolute atomic E-state index is 0.0536. The van der Waals surface area contributed by atoms with Crippen molar-refractivity contribution in [2.75, 3.05) is 13.2 Å². The van der Waals surface area contributed by atoms with E-state index in [9.17, 15) is 0 Å². The summed E-state index contributed by atoms with van der Waals surface area (Å²) in [6, 6.07) is 7.77. The van der Waals surface area contributed by atoms with Crippen molar-refractivity contribution >= 4 is 11.9 Å². The number of guanidine groups is 2. The number of aliphatic imine (C=N–C) groups is 2. The standard InChI is InChI=1S/C11H17N5O/c1-8-3-2-4-9(7-8)17-6-5-15-11(14)16-10(12)13/h2-4,7H,5-6H2,1H3,(H6,12,13,14,15,16). The Morgan fingerprint density at radius 1 is 1.29 bits per heavy atom. The van der Waals surface area contributed by atoms with Gasteiger partial charge < -0.3 is 21.9 Å². The average Bonchev–Trinajstić information content (AvgIpc) is 2.23. The van der Waals surface area contributed by atoms with Gasteiger partial charge >= 0.3 is 0 Å². The smallest absolute Gasteiger partial charge is 0.218 e. The van der Waals surface area contributed by atoms with E-state index in [0.717, 1.165) is 11.3 Å². The van der Waals surface area contributed by atoms with Gasteiger partial charge in [0.05, 0.1) is 6.54 Å². The van der Waals surface area contributed by atoms with Crippen molar-refractivity contribution in [3.63, 3.8) is 0 Å². The lowest BCUT2D eigenvalue weighted by molar-refractivity contribution is 0.328. The van der Waals surface area contributed by atoms with Crippen LogP contribution in [0.25, 0.3) is 0 Å². The highest BCUT2D eigenvalue weighted by Gasteiger charge is 1.93. The largest absolute Gasteiger partial charge is 0.492 e. The molecule has 0 aliphatic carbocycles. The van der Waals surface area contributed by atoms with Crippen LogP contribution >= 0.6 is 0 Å². The molecule has 1 aromatic carbocycles. The normalized spacial score (nSPS) is 11.0. The molecule has 92 valence electrons. The maximum Gasteiger partial charge on any atom is 0.218 e. The Hall–Kier alpha value is -2.24. The third-order valence-corrected chi connectivity index (χ3v) is 1.87. The van der Waals surface area contributed by atoms with Gasteiger partial charge in [-0.15, -0.1) is 0 Å². The molecule has 0 aliphatic rings. The summed E-state index contributed by atoms with van der Waals surface area (Å²) in [6.45, 7) is 2.82. The van der Waals surface area contributed by atoms with Gasteiger partial charge in [0.1, 0.15) is 12.4 Å². The molecule has 0 saturated carbocycles. The van der Waals surface area contributed by atoms with Gasteiger partial charge in [0.25, 0.3) is 0 Å². The number of nitrogens with zero attached hydrogens (tertiary/aromatic N) is 2. The second kappa shape index (κ2) is 6.37. The molecule has 0 saturated heterocycles. The van der Waals surface area contributed by atoms with Gasteiger partial charge in [-0.2, -0.15) is 4.99 Å². The van der Waals surface area contributed by atoms with E-state index in [0.29, 0.717) is 13.2 Å². The molecule has 0 aromatic heterocycles. The summed E-state index contributed by atoms with van der Waals surface area (Å²) in [7, 11) is 0. The van der Waals surface area contributed by atoms with E-state index in [1.54, 1.807) is 0 Å². The Labute approximate surface area is 100 Å². The van der Waals surface area contributed by atoms with Gasteiger partial charge in [-0.25, -0.2) is 4.99 Å². The van der Waals surface area contributed by atoms with E-state index < -0.39 is 0 Å². The molecular formula is C11H17N5O. The molecule has 17 heavy (non-hydrogen) atoms. The van der Waals surface area contributed by atoms with Crippen LogP contribution in [-0.4, -0.2) is 25.1 Å². The molecule has 6 nitrogen and oxygen atoms in total. The van der Waals surface area contributed by atoms with Crippen LogP contribution in [0.2, 0.25) is 0 Å². The second-order valence-corrected chi connectivity index (χ2v) is 3.44. The molecule has 0 aliphatic heterocycles. The molecule has 0 spiro atoms. The lowest BCUT2D eigenvalue weighted by atomic mass is 10.2. The van der Waals surface area contributed by atoms with Crippen LogP contribution < -0.4 is 21.9 Å². The maximum absolute atomic E-state index is 5.47. The minimum atomic E-state index is -0.106. The first-order chi connectivity index (χ1) is 8.08. The number of nitrogens with two attached hydrogens (primary N) is 3. The van der Waals surface area contributed by atoms with Crippen LogP contribution in [-0.2, 0) is 0 Å². The van der Waals surface area contributed by atoms with Gasteiger partial charge in [0, 0.05) is 0 Å². The predicted molar refractivity (Wildman–Crippen MR) is 69.0 cm³/mol. The van der Waals surface area contributed by atoms with E-state index in [2.05, 4.69) is 9.98 Å². The van der Waals surface area contributed by atoms with Crippen molar-refractivity contribution in [1.82, 2.24) is 0 Å². The van der Waals surface area contributed by atoms with E-state index >= 15 is 0 Å². The maximum atomic E-state index is 5.47. The van der Waals surface area contributed by atoms with Crippen LogP contribution in [0.15, 0.2) is 34.3 Å². The van der Waals surface area contributed by atoms with Crippen LogP contribution in [0.1, 0.15) is 5.56 Å². The average molecular weight is 235 g/mol. The SMILES string of the molecule is Cc1cccc(OCCN=C(N)N=C(N)N)c1. The topological polar surface area (TPSA) is 112 Å². The first-order valence-electron chi connectivity index (χ1n) is 5.17. The van der Waals surface area contributed by atoms with E-state index in [1.165, 1.54) is 0 Å². The predicted octanol–water partition coefficient (Wildman–Crippen LogP) is -0.0381. The molecular weight excluding hydrogens is 218 g/mol. The Balaban J connectivity index is 2.36. The number of hydrogen-bond donors (Lipinski definition) is 3. The number of aryl methyl sites for hydroxylation is 1. The molecule has 0 fully saturated rings. The van der Waals surface area contributed by atoms with Crippen LogP contribution in [0.5, 0.6) is 5.75 Å². The first-order valence-corrected chi connectivity index (χ1v) is 5.17. The van der Waals surface area contributed by atoms with Crippen LogP contribution in [0.4, 0.5) is 0 Å². The Morgan fingerprint density at radius 2 is 2.06 bits per heavy atom. The third-order valence-electron chi connectivity index (χ3n) is 1.87. The molecule has 0 amide bonds. The van der Waals surface area contributed by atoms with Crippen molar-refractivity contribution in [3.05, 3.63) is 29.8 Å². The molecule has 0 atom stereocenters. The lowest BCUT2D eigenvalue weighted by Crippen LogP contribution is -2.26. The van der Waals surface area contributed by atoms with Gasteiger partial charge in [-0.3, -0.25) is 0 Å². The van der Waals surface area contributed by atoms with E-state index in [4.69, 9.17) is 21.9 Å². The molecule has 6 N–H and O–H groups in total. The zero-order chi connectivity index (χ0) is 12.7. The van der Waals surface area contributed by atoms with Crippen molar-refractivity contribution in [2.24, 2.45) is 27.2 Å². The highest BCUT2D eigenvalue weighted by molar-refractivity contribution is 5.92. The number of rotatable bonds is 4. The van der Waals surface area contributed by atoms with Crippen molar-refractivity contribution in [3.8, 4) is 5.75 Å². The fourth-order valence-electron chi connectivity index (χ4n) is 1.20. The highest BCUT2D eigenvalue weighted by atomic mass is 16.5. The van der Waals surface area contributed by atoms with Gasteiger partial charge in [0.15, 0.2) is 5.96 Å². The van der Waals surface area contributed by atoms with Crippen molar-refractivity contribution < 1.29 is 4.74 Å². The molecule has 6 heteroatoms. The second-order valence-electron chi connectivity index (χ2n) is 3.44. The van der Waals surface area contributed by atoms with Gasteiger partial charge in [-0.05, 0) is 24.6 Å². The van der Waals surface area contributed by atoms with Gasteiger partial charge in [-0.1, -0.05) is 12.1 Å². The Morgan fingerprint density at radius 3 is 2.71 bits per heavy atom. The molecule has 0 heterocycles. The summed E-state index contributed by atoms with van der Waals surface area (Å²) >= 11 is 0. The summed E-state index contributed by atoms with van der Waals surface area (Å²) in [5.74, 6) is 0.754. The highest BCUT2D eigenvalue weighted by Crippen LogP contribution is 2.11. The molecule has 0 unspecified atom stereocenters. The molecule has 1 aromatic rings. The fourth-order valence-corrected chi connectivity index (χ4v) is 1.20. The number of ether oxygens (including phenoxy) is 1. The quantitative estimate of drug-likeness (QED) is 0.386. The Kier molecular flexibility index (Phi) is 4.80. The third kappa shape index (κ3) is 5.41. The number of hydrogen-bond acceptors (Lipinski definition) is 2. The summed E-state index contributed by atoms with van der Waals surface area (Å²) in [5.41, 5.74) is 16.9. The van der Waals surface area contributed by atoms with Crippen LogP contribution in [0, 0.1) is 6.92 Å². The van der Waals surface area contributed by atoms with E-state index in [1.807, 2.05) is 31.2 Å².